The van der Waals surface area contributed by atoms with Crippen molar-refractivity contribution in [1.82, 2.24) is 15.0 Å². The Morgan fingerprint density at radius 3 is 2.76 bits per heavy atom. The zero-order valence-corrected chi connectivity index (χ0v) is 12.2. The van der Waals surface area contributed by atoms with Gasteiger partial charge in [0.1, 0.15) is 5.82 Å². The Bertz CT molecular complexity index is 811. The van der Waals surface area contributed by atoms with Crippen LogP contribution in [0, 0.1) is 12.7 Å². The normalized spacial score (nSPS) is 11.0. The topological polar surface area (TPSA) is 50.8 Å². The van der Waals surface area contributed by atoms with Gasteiger partial charge in [-0.2, -0.15) is 0 Å². The molecule has 0 saturated carbocycles. The zero-order chi connectivity index (χ0) is 15.0. The lowest BCUT2D eigenvalue weighted by Crippen LogP contribution is -1.94. The van der Waals surface area contributed by atoms with Crippen LogP contribution in [-0.2, 0) is 6.42 Å². The number of methoxy groups -OCH3 is 1. The van der Waals surface area contributed by atoms with E-state index in [0.29, 0.717) is 11.4 Å². The molecule has 0 atom stereocenters. The summed E-state index contributed by atoms with van der Waals surface area (Å²) in [5.74, 6) is 0.00552. The number of H-pyrrole nitrogens is 1. The van der Waals surface area contributed by atoms with Crippen LogP contribution >= 0.6 is 0 Å². The highest BCUT2D eigenvalue weighted by atomic mass is 19.1. The van der Waals surface area contributed by atoms with Gasteiger partial charge in [-0.25, -0.2) is 9.37 Å². The van der Waals surface area contributed by atoms with Gasteiger partial charge in [-0.1, -0.05) is 6.92 Å². The first kappa shape index (κ1) is 13.5. The van der Waals surface area contributed by atoms with Crippen LogP contribution < -0.4 is 4.74 Å². The summed E-state index contributed by atoms with van der Waals surface area (Å²) in [4.78, 5) is 11.7. The van der Waals surface area contributed by atoms with Crippen molar-refractivity contribution >= 4 is 10.9 Å². The molecule has 1 N–H and O–H groups in total. The summed E-state index contributed by atoms with van der Waals surface area (Å²) in [7, 11) is 1.53. The average Bonchev–Trinajstić information content (AvgIpc) is 2.83. The largest absolute Gasteiger partial charge is 0.481 e. The smallest absolute Gasteiger partial charge is 0.222 e. The summed E-state index contributed by atoms with van der Waals surface area (Å²) in [6, 6.07) is 3.45. The summed E-state index contributed by atoms with van der Waals surface area (Å²) >= 11 is 0. The van der Waals surface area contributed by atoms with E-state index < -0.39 is 5.82 Å². The number of hydrogen-bond donors (Lipinski definition) is 1. The first-order valence-corrected chi connectivity index (χ1v) is 6.81. The van der Waals surface area contributed by atoms with Gasteiger partial charge in [-0.3, -0.25) is 4.98 Å². The Morgan fingerprint density at radius 1 is 1.24 bits per heavy atom. The summed E-state index contributed by atoms with van der Waals surface area (Å²) in [6.45, 7) is 4.04. The third-order valence-corrected chi connectivity index (χ3v) is 3.64. The number of aromatic nitrogens is 3. The van der Waals surface area contributed by atoms with Gasteiger partial charge < -0.3 is 9.72 Å². The average molecular weight is 285 g/mol. The SMILES string of the molecule is CCc1cc2[nH]c(-c3cc(F)cnc3OC)c(C)c2cn1. The van der Waals surface area contributed by atoms with E-state index in [1.807, 2.05) is 19.2 Å². The number of aryl methyl sites for hydroxylation is 2. The minimum Gasteiger partial charge on any atom is -0.481 e. The van der Waals surface area contributed by atoms with Crippen molar-refractivity contribution in [3.8, 4) is 17.1 Å². The number of aromatic amines is 1. The molecule has 0 spiro atoms. The van der Waals surface area contributed by atoms with Crippen LogP contribution in [0.1, 0.15) is 18.2 Å². The maximum atomic E-state index is 13.5. The molecule has 3 rings (SSSR count). The van der Waals surface area contributed by atoms with Crippen LogP contribution in [0.25, 0.3) is 22.2 Å². The Labute approximate surface area is 122 Å². The van der Waals surface area contributed by atoms with Crippen molar-refractivity contribution in [3.05, 3.63) is 41.6 Å². The molecule has 0 bridgehead atoms. The molecule has 0 aliphatic heterocycles. The van der Waals surface area contributed by atoms with Crippen molar-refractivity contribution in [2.75, 3.05) is 7.11 Å². The molecular weight excluding hydrogens is 269 g/mol. The molecule has 0 aliphatic carbocycles. The van der Waals surface area contributed by atoms with E-state index in [0.717, 1.165) is 40.5 Å². The van der Waals surface area contributed by atoms with Crippen molar-refractivity contribution in [2.24, 2.45) is 0 Å². The van der Waals surface area contributed by atoms with Crippen molar-refractivity contribution in [2.45, 2.75) is 20.3 Å². The van der Waals surface area contributed by atoms with Gasteiger partial charge in [0, 0.05) is 22.8 Å². The highest BCUT2D eigenvalue weighted by Crippen LogP contribution is 2.34. The van der Waals surface area contributed by atoms with Crippen LogP contribution in [-0.4, -0.2) is 22.1 Å². The van der Waals surface area contributed by atoms with Crippen LogP contribution in [0.5, 0.6) is 5.88 Å². The highest BCUT2D eigenvalue weighted by molar-refractivity contribution is 5.90. The predicted molar refractivity (Wildman–Crippen MR) is 79.9 cm³/mol. The molecule has 0 amide bonds. The molecule has 3 aromatic heterocycles. The first-order valence-electron chi connectivity index (χ1n) is 6.81. The van der Waals surface area contributed by atoms with Gasteiger partial charge in [0.15, 0.2) is 0 Å². The third-order valence-electron chi connectivity index (χ3n) is 3.64. The molecule has 21 heavy (non-hydrogen) atoms. The predicted octanol–water partition coefficient (Wildman–Crippen LogP) is 3.64. The lowest BCUT2D eigenvalue weighted by Gasteiger charge is -2.06. The second kappa shape index (κ2) is 5.16. The second-order valence-electron chi connectivity index (χ2n) is 4.91. The van der Waals surface area contributed by atoms with Gasteiger partial charge >= 0.3 is 0 Å². The van der Waals surface area contributed by atoms with Gasteiger partial charge in [-0.15, -0.1) is 0 Å². The number of halogens is 1. The number of pyridine rings is 2. The minimum absolute atomic E-state index is 0.392. The third kappa shape index (κ3) is 2.24. The lowest BCUT2D eigenvalue weighted by molar-refractivity contribution is 0.397. The fourth-order valence-electron chi connectivity index (χ4n) is 2.50. The van der Waals surface area contributed by atoms with E-state index in [1.54, 1.807) is 0 Å². The van der Waals surface area contributed by atoms with Crippen molar-refractivity contribution in [3.63, 3.8) is 0 Å². The molecule has 3 heterocycles. The standard InChI is InChI=1S/C16H16FN3O/c1-4-11-6-14-13(8-18-11)9(2)15(20-14)12-5-10(17)7-19-16(12)21-3/h5-8,20H,4H2,1-3H3. The summed E-state index contributed by atoms with van der Waals surface area (Å²) in [6.07, 6.45) is 3.87. The summed E-state index contributed by atoms with van der Waals surface area (Å²) < 4.78 is 18.8. The minimum atomic E-state index is -0.392. The molecule has 0 aromatic carbocycles. The molecule has 0 fully saturated rings. The summed E-state index contributed by atoms with van der Waals surface area (Å²) in [5.41, 5.74) is 4.43. The molecule has 0 aliphatic rings. The van der Waals surface area contributed by atoms with Crippen LogP contribution in [0.4, 0.5) is 4.39 Å². The second-order valence-corrected chi connectivity index (χ2v) is 4.91. The number of fused-ring (bicyclic) bond motifs is 1. The summed E-state index contributed by atoms with van der Waals surface area (Å²) in [5, 5.41) is 1.02. The Kier molecular flexibility index (Phi) is 3.33. The molecule has 5 heteroatoms. The molecule has 4 nitrogen and oxygen atoms in total. The Balaban J connectivity index is 2.25. The molecule has 0 radical (unpaired) electrons. The molecule has 0 saturated heterocycles. The maximum absolute atomic E-state index is 13.5. The Morgan fingerprint density at radius 2 is 2.05 bits per heavy atom. The fourth-order valence-corrected chi connectivity index (χ4v) is 2.50. The van der Waals surface area contributed by atoms with Crippen molar-refractivity contribution < 1.29 is 9.13 Å². The zero-order valence-electron chi connectivity index (χ0n) is 12.2. The van der Waals surface area contributed by atoms with Crippen LogP contribution in [0.15, 0.2) is 24.5 Å². The monoisotopic (exact) mass is 285 g/mol. The van der Waals surface area contributed by atoms with E-state index in [9.17, 15) is 4.39 Å². The van der Waals surface area contributed by atoms with E-state index >= 15 is 0 Å². The van der Waals surface area contributed by atoms with E-state index in [2.05, 4.69) is 21.9 Å². The van der Waals surface area contributed by atoms with Gasteiger partial charge in [0.05, 0.1) is 24.6 Å². The quantitative estimate of drug-likeness (QED) is 0.799. The van der Waals surface area contributed by atoms with Crippen LogP contribution in [0.3, 0.4) is 0 Å². The molecule has 3 aromatic rings. The van der Waals surface area contributed by atoms with E-state index in [4.69, 9.17) is 4.74 Å². The number of hydrogen-bond acceptors (Lipinski definition) is 3. The number of ether oxygens (including phenoxy) is 1. The fraction of sp³-hybridized carbons (Fsp3) is 0.250. The van der Waals surface area contributed by atoms with Gasteiger partial charge in [0.25, 0.3) is 0 Å². The highest BCUT2D eigenvalue weighted by Gasteiger charge is 2.16. The van der Waals surface area contributed by atoms with E-state index in [1.165, 1.54) is 13.2 Å². The number of nitrogens with one attached hydrogen (secondary N) is 1. The van der Waals surface area contributed by atoms with E-state index in [-0.39, 0.29) is 0 Å². The molecule has 0 unspecified atom stereocenters. The number of nitrogens with zero attached hydrogens (tertiary/aromatic N) is 2. The number of rotatable bonds is 3. The molecule has 108 valence electrons. The maximum Gasteiger partial charge on any atom is 0.222 e. The van der Waals surface area contributed by atoms with Gasteiger partial charge in [-0.05, 0) is 31.0 Å². The lowest BCUT2D eigenvalue weighted by atomic mass is 10.1. The van der Waals surface area contributed by atoms with Crippen LogP contribution in [0.2, 0.25) is 0 Å². The Hall–Kier alpha value is -2.43. The van der Waals surface area contributed by atoms with Gasteiger partial charge in [0.2, 0.25) is 5.88 Å². The van der Waals surface area contributed by atoms with Crippen molar-refractivity contribution in [1.29, 1.82) is 0 Å². The first-order chi connectivity index (χ1) is 10.1. The molecular formula is C16H16FN3O.